The minimum Gasteiger partial charge on any atom is -0.497 e. The minimum atomic E-state index is -0.395. The first kappa shape index (κ1) is 21.8. The Hall–Kier alpha value is -2.48. The number of hydrogen-bond acceptors (Lipinski definition) is 4. The van der Waals surface area contributed by atoms with Crippen molar-refractivity contribution in [3.63, 3.8) is 0 Å². The lowest BCUT2D eigenvalue weighted by atomic mass is 9.98. The van der Waals surface area contributed by atoms with E-state index >= 15 is 0 Å². The third-order valence-corrected chi connectivity index (χ3v) is 5.28. The van der Waals surface area contributed by atoms with Crippen LogP contribution in [-0.2, 0) is 4.79 Å². The van der Waals surface area contributed by atoms with Crippen LogP contribution >= 0.6 is 0 Å². The van der Waals surface area contributed by atoms with Crippen molar-refractivity contribution in [3.05, 3.63) is 36.0 Å². The number of nitrogens with zero attached hydrogens (tertiary/aromatic N) is 1. The first-order valence-electron chi connectivity index (χ1n) is 10.5. The highest BCUT2D eigenvalue weighted by molar-refractivity contribution is 6.06. The van der Waals surface area contributed by atoms with Gasteiger partial charge in [-0.15, -0.1) is 0 Å². The molecule has 0 heterocycles. The molecule has 0 atom stereocenters. The van der Waals surface area contributed by atoms with Crippen LogP contribution < -0.4 is 15.4 Å². The molecule has 1 saturated carbocycles. The Morgan fingerprint density at radius 3 is 2.04 bits per heavy atom. The van der Waals surface area contributed by atoms with Crippen LogP contribution in [0.3, 0.4) is 0 Å². The molecule has 0 radical (unpaired) electrons. The second-order valence-corrected chi connectivity index (χ2v) is 7.48. The number of anilines is 1. The fourth-order valence-electron chi connectivity index (χ4n) is 3.55. The van der Waals surface area contributed by atoms with Gasteiger partial charge in [-0.2, -0.15) is 5.26 Å². The first-order valence-corrected chi connectivity index (χ1v) is 10.5. The number of methoxy groups -OCH3 is 1. The summed E-state index contributed by atoms with van der Waals surface area (Å²) in [5, 5.41) is 15.5. The highest BCUT2D eigenvalue weighted by Gasteiger charge is 2.12. The van der Waals surface area contributed by atoms with Crippen molar-refractivity contribution in [2.24, 2.45) is 0 Å². The van der Waals surface area contributed by atoms with E-state index in [1.165, 1.54) is 57.8 Å². The summed E-state index contributed by atoms with van der Waals surface area (Å²) >= 11 is 0. The zero-order valence-electron chi connectivity index (χ0n) is 17.0. The Labute approximate surface area is 169 Å². The fraction of sp³-hybridized carbons (Fsp3) is 0.565. The van der Waals surface area contributed by atoms with Crippen molar-refractivity contribution in [2.45, 2.75) is 76.7 Å². The largest absolute Gasteiger partial charge is 0.497 e. The van der Waals surface area contributed by atoms with Crippen molar-refractivity contribution in [1.29, 1.82) is 5.26 Å². The third-order valence-electron chi connectivity index (χ3n) is 5.28. The van der Waals surface area contributed by atoms with Crippen molar-refractivity contribution in [3.8, 4) is 11.8 Å². The van der Waals surface area contributed by atoms with Crippen LogP contribution in [0.4, 0.5) is 5.69 Å². The molecule has 5 nitrogen and oxygen atoms in total. The van der Waals surface area contributed by atoms with Crippen molar-refractivity contribution >= 4 is 11.6 Å². The summed E-state index contributed by atoms with van der Waals surface area (Å²) in [6.45, 7) is 0. The van der Waals surface area contributed by atoms with E-state index in [1.54, 1.807) is 37.6 Å². The number of nitriles is 1. The number of amides is 1. The van der Waals surface area contributed by atoms with Crippen LogP contribution in [0.5, 0.6) is 5.75 Å². The van der Waals surface area contributed by atoms with Gasteiger partial charge >= 0.3 is 0 Å². The Morgan fingerprint density at radius 1 is 1.00 bits per heavy atom. The normalized spacial score (nSPS) is 17.5. The smallest absolute Gasteiger partial charge is 0.267 e. The highest BCUT2D eigenvalue weighted by Crippen LogP contribution is 2.18. The fourth-order valence-corrected chi connectivity index (χ4v) is 3.55. The average molecular weight is 384 g/mol. The first-order chi connectivity index (χ1) is 13.7. The molecule has 5 heteroatoms. The predicted octanol–water partition coefficient (Wildman–Crippen LogP) is 5.30. The van der Waals surface area contributed by atoms with E-state index in [1.807, 2.05) is 6.07 Å². The van der Waals surface area contributed by atoms with Crippen LogP contribution in [0.1, 0.15) is 70.6 Å². The topological polar surface area (TPSA) is 74.1 Å². The van der Waals surface area contributed by atoms with Gasteiger partial charge in [0, 0.05) is 17.9 Å². The van der Waals surface area contributed by atoms with E-state index in [4.69, 9.17) is 4.74 Å². The summed E-state index contributed by atoms with van der Waals surface area (Å²) in [6, 6.07) is 9.40. The molecule has 28 heavy (non-hydrogen) atoms. The molecule has 1 fully saturated rings. The van der Waals surface area contributed by atoms with E-state index in [2.05, 4.69) is 10.6 Å². The molecule has 1 amide bonds. The van der Waals surface area contributed by atoms with Crippen molar-refractivity contribution in [2.75, 3.05) is 12.4 Å². The molecule has 1 aromatic rings. The molecule has 152 valence electrons. The standard InChI is InChI=1S/C23H33N3O2/c1-28-22-15-13-21(14-16-22)26-23(27)19(17-24)18-25-20-11-9-7-5-3-2-4-6-8-10-12-20/h13-16,18,20,25H,2-12H2,1H3,(H,26,27)/b19-18-. The number of ether oxygens (including phenoxy) is 1. The lowest BCUT2D eigenvalue weighted by molar-refractivity contribution is -0.112. The SMILES string of the molecule is COc1ccc(NC(=O)/C(C#N)=C\NC2CCCCCCCCCCC2)cc1. The summed E-state index contributed by atoms with van der Waals surface area (Å²) < 4.78 is 5.11. The van der Waals surface area contributed by atoms with Gasteiger partial charge in [0.2, 0.25) is 0 Å². The molecule has 2 N–H and O–H groups in total. The van der Waals surface area contributed by atoms with Gasteiger partial charge in [-0.3, -0.25) is 4.79 Å². The molecule has 1 aliphatic rings. The zero-order chi connectivity index (χ0) is 20.0. The van der Waals surface area contributed by atoms with E-state index in [-0.39, 0.29) is 5.57 Å². The molecule has 0 bridgehead atoms. The van der Waals surface area contributed by atoms with E-state index in [0.717, 1.165) is 18.6 Å². The number of carbonyl (C=O) groups is 1. The van der Waals surface area contributed by atoms with Gasteiger partial charge in [-0.05, 0) is 37.1 Å². The molecule has 1 aliphatic carbocycles. The summed E-state index contributed by atoms with van der Waals surface area (Å²) in [4.78, 5) is 12.4. The Kier molecular flexibility index (Phi) is 9.99. The predicted molar refractivity (Wildman–Crippen MR) is 113 cm³/mol. The zero-order valence-corrected chi connectivity index (χ0v) is 17.0. The molecule has 0 aromatic heterocycles. The molecular weight excluding hydrogens is 350 g/mol. The van der Waals surface area contributed by atoms with Crippen LogP contribution in [-0.4, -0.2) is 19.1 Å². The molecule has 0 aliphatic heterocycles. The van der Waals surface area contributed by atoms with Gasteiger partial charge in [0.1, 0.15) is 17.4 Å². The lowest BCUT2D eigenvalue weighted by Gasteiger charge is -2.18. The molecule has 0 saturated heterocycles. The number of carbonyl (C=O) groups excluding carboxylic acids is 1. The van der Waals surface area contributed by atoms with Crippen LogP contribution in [0.2, 0.25) is 0 Å². The van der Waals surface area contributed by atoms with E-state index in [9.17, 15) is 10.1 Å². The third kappa shape index (κ3) is 8.04. The Morgan fingerprint density at radius 2 is 1.54 bits per heavy atom. The summed E-state index contributed by atoms with van der Waals surface area (Å²) in [7, 11) is 1.60. The van der Waals surface area contributed by atoms with Crippen molar-refractivity contribution < 1.29 is 9.53 Å². The van der Waals surface area contributed by atoms with Gasteiger partial charge in [0.05, 0.1) is 7.11 Å². The number of benzene rings is 1. The molecule has 1 aromatic carbocycles. The van der Waals surface area contributed by atoms with Gasteiger partial charge in [-0.1, -0.05) is 57.8 Å². The second kappa shape index (κ2) is 12.8. The minimum absolute atomic E-state index is 0.0990. The quantitative estimate of drug-likeness (QED) is 0.534. The molecule has 0 unspecified atom stereocenters. The molecule has 2 rings (SSSR count). The van der Waals surface area contributed by atoms with Gasteiger partial charge in [0.15, 0.2) is 0 Å². The van der Waals surface area contributed by atoms with Crippen LogP contribution in [0, 0.1) is 11.3 Å². The lowest BCUT2D eigenvalue weighted by Crippen LogP contribution is -2.26. The summed E-state index contributed by atoms with van der Waals surface area (Å²) in [5.41, 5.74) is 0.736. The van der Waals surface area contributed by atoms with Gasteiger partial charge < -0.3 is 15.4 Å². The summed E-state index contributed by atoms with van der Waals surface area (Å²) in [5.74, 6) is 0.325. The maximum atomic E-state index is 12.4. The number of hydrogen-bond donors (Lipinski definition) is 2. The van der Waals surface area contributed by atoms with E-state index < -0.39 is 5.91 Å². The average Bonchev–Trinajstić information content (AvgIpc) is 2.70. The Bertz CT molecular complexity index is 649. The maximum Gasteiger partial charge on any atom is 0.267 e. The molecular formula is C23H33N3O2. The van der Waals surface area contributed by atoms with E-state index in [0.29, 0.717) is 11.7 Å². The van der Waals surface area contributed by atoms with Crippen LogP contribution in [0.15, 0.2) is 36.0 Å². The van der Waals surface area contributed by atoms with Gasteiger partial charge in [-0.25, -0.2) is 0 Å². The Balaban J connectivity index is 1.90. The maximum absolute atomic E-state index is 12.4. The second-order valence-electron chi connectivity index (χ2n) is 7.48. The van der Waals surface area contributed by atoms with Crippen molar-refractivity contribution in [1.82, 2.24) is 5.32 Å². The van der Waals surface area contributed by atoms with Crippen LogP contribution in [0.25, 0.3) is 0 Å². The van der Waals surface area contributed by atoms with Gasteiger partial charge in [0.25, 0.3) is 5.91 Å². The summed E-state index contributed by atoms with van der Waals surface area (Å²) in [6.07, 6.45) is 15.4. The highest BCUT2D eigenvalue weighted by atomic mass is 16.5. The monoisotopic (exact) mass is 383 g/mol. The number of nitrogens with one attached hydrogen (secondary N) is 2. The number of rotatable bonds is 5. The molecule has 0 spiro atoms.